The number of methoxy groups -OCH3 is 2. The van der Waals surface area contributed by atoms with E-state index in [4.69, 9.17) is 9.47 Å². The van der Waals surface area contributed by atoms with Gasteiger partial charge in [-0.1, -0.05) is 12.1 Å². The average Bonchev–Trinajstić information content (AvgIpc) is 2.48. The minimum absolute atomic E-state index is 0.555. The fourth-order valence-electron chi connectivity index (χ4n) is 2.05. The van der Waals surface area contributed by atoms with E-state index in [9.17, 15) is 5.11 Å². The summed E-state index contributed by atoms with van der Waals surface area (Å²) in [5.74, 6) is 1.36. The van der Waals surface area contributed by atoms with Crippen LogP contribution < -0.4 is 9.47 Å². The molecule has 0 aliphatic heterocycles. The zero-order chi connectivity index (χ0) is 14.5. The van der Waals surface area contributed by atoms with Gasteiger partial charge in [-0.05, 0) is 52.4 Å². The minimum Gasteiger partial charge on any atom is -0.497 e. The van der Waals surface area contributed by atoms with Crippen LogP contribution in [0, 0.1) is 3.57 Å². The van der Waals surface area contributed by atoms with Crippen LogP contribution >= 0.6 is 22.6 Å². The zero-order valence-corrected chi connectivity index (χ0v) is 13.6. The van der Waals surface area contributed by atoms with Crippen molar-refractivity contribution in [3.05, 3.63) is 57.2 Å². The van der Waals surface area contributed by atoms with Gasteiger partial charge < -0.3 is 14.6 Å². The Hall–Kier alpha value is -1.27. The molecule has 0 fully saturated rings. The van der Waals surface area contributed by atoms with Crippen LogP contribution in [0.2, 0.25) is 0 Å². The molecular formula is C16H17IO3. The van der Waals surface area contributed by atoms with Gasteiger partial charge in [0.05, 0.1) is 20.3 Å². The van der Waals surface area contributed by atoms with Crippen LogP contribution in [-0.2, 0) is 6.42 Å². The highest BCUT2D eigenvalue weighted by atomic mass is 127. The summed E-state index contributed by atoms with van der Waals surface area (Å²) < 4.78 is 11.7. The Morgan fingerprint density at radius 2 is 1.75 bits per heavy atom. The summed E-state index contributed by atoms with van der Waals surface area (Å²) >= 11 is 2.26. The molecule has 2 rings (SSSR count). The maximum absolute atomic E-state index is 10.4. The fourth-order valence-corrected chi connectivity index (χ4v) is 2.41. The van der Waals surface area contributed by atoms with Crippen LogP contribution in [0.25, 0.3) is 0 Å². The van der Waals surface area contributed by atoms with Gasteiger partial charge in [-0.3, -0.25) is 0 Å². The van der Waals surface area contributed by atoms with Crippen molar-refractivity contribution in [3.8, 4) is 11.5 Å². The number of aliphatic hydroxyl groups excluding tert-OH is 1. The Labute approximate surface area is 132 Å². The van der Waals surface area contributed by atoms with E-state index < -0.39 is 6.10 Å². The summed E-state index contributed by atoms with van der Waals surface area (Å²) in [6.07, 6.45) is -0.0458. The second kappa shape index (κ2) is 6.95. The molecule has 0 saturated heterocycles. The second-order valence-electron chi connectivity index (χ2n) is 4.45. The molecule has 0 aliphatic rings. The second-order valence-corrected chi connectivity index (χ2v) is 5.70. The summed E-state index contributed by atoms with van der Waals surface area (Å²) in [6, 6.07) is 13.6. The summed E-state index contributed by atoms with van der Waals surface area (Å²) in [4.78, 5) is 0. The quantitative estimate of drug-likeness (QED) is 0.801. The number of hydrogen-bond donors (Lipinski definition) is 1. The van der Waals surface area contributed by atoms with Gasteiger partial charge in [-0.15, -0.1) is 0 Å². The lowest BCUT2D eigenvalue weighted by atomic mass is 10.0. The van der Waals surface area contributed by atoms with Crippen molar-refractivity contribution in [3.63, 3.8) is 0 Å². The number of ether oxygens (including phenoxy) is 2. The van der Waals surface area contributed by atoms with Gasteiger partial charge in [0.2, 0.25) is 0 Å². The standard InChI is InChI=1S/C16H17IO3/c1-19-13-7-8-14(16(10-13)20-2)15(18)9-11-3-5-12(17)6-4-11/h3-8,10,15,18H,9H2,1-2H3. The summed E-state index contributed by atoms with van der Waals surface area (Å²) in [7, 11) is 3.20. The van der Waals surface area contributed by atoms with E-state index in [1.165, 1.54) is 3.57 Å². The molecule has 3 nitrogen and oxygen atoms in total. The molecule has 2 aromatic rings. The highest BCUT2D eigenvalue weighted by Crippen LogP contribution is 2.31. The molecule has 20 heavy (non-hydrogen) atoms. The Morgan fingerprint density at radius 1 is 1.05 bits per heavy atom. The molecule has 0 saturated carbocycles. The van der Waals surface area contributed by atoms with Crippen LogP contribution in [-0.4, -0.2) is 19.3 Å². The molecule has 0 heterocycles. The molecule has 0 radical (unpaired) electrons. The van der Waals surface area contributed by atoms with Crippen LogP contribution in [0.15, 0.2) is 42.5 Å². The van der Waals surface area contributed by atoms with E-state index >= 15 is 0 Å². The molecule has 0 amide bonds. The van der Waals surface area contributed by atoms with E-state index in [1.54, 1.807) is 20.3 Å². The van der Waals surface area contributed by atoms with Gasteiger partial charge in [0.25, 0.3) is 0 Å². The summed E-state index contributed by atoms with van der Waals surface area (Å²) in [5, 5.41) is 10.4. The van der Waals surface area contributed by atoms with E-state index in [-0.39, 0.29) is 0 Å². The number of rotatable bonds is 5. The fraction of sp³-hybridized carbons (Fsp3) is 0.250. The molecular weight excluding hydrogens is 367 g/mol. The molecule has 0 spiro atoms. The topological polar surface area (TPSA) is 38.7 Å². The third-order valence-electron chi connectivity index (χ3n) is 3.14. The van der Waals surface area contributed by atoms with E-state index in [2.05, 4.69) is 22.6 Å². The van der Waals surface area contributed by atoms with E-state index in [1.807, 2.05) is 36.4 Å². The van der Waals surface area contributed by atoms with Crippen molar-refractivity contribution in [1.29, 1.82) is 0 Å². The molecule has 1 atom stereocenters. The normalized spacial score (nSPS) is 12.0. The maximum atomic E-state index is 10.4. The van der Waals surface area contributed by atoms with Crippen molar-refractivity contribution in [2.45, 2.75) is 12.5 Å². The van der Waals surface area contributed by atoms with Gasteiger partial charge in [0, 0.05) is 21.6 Å². The lowest BCUT2D eigenvalue weighted by molar-refractivity contribution is 0.174. The van der Waals surface area contributed by atoms with Crippen LogP contribution in [0.3, 0.4) is 0 Å². The van der Waals surface area contributed by atoms with Gasteiger partial charge in [0.1, 0.15) is 11.5 Å². The van der Waals surface area contributed by atoms with Crippen LogP contribution in [0.5, 0.6) is 11.5 Å². The number of halogens is 1. The first kappa shape index (κ1) is 15.1. The smallest absolute Gasteiger partial charge is 0.128 e. The minimum atomic E-state index is -0.601. The molecule has 106 valence electrons. The predicted molar refractivity (Wildman–Crippen MR) is 87.4 cm³/mol. The molecule has 0 aliphatic carbocycles. The van der Waals surface area contributed by atoms with E-state index in [0.717, 1.165) is 11.1 Å². The molecule has 0 aromatic heterocycles. The SMILES string of the molecule is COc1ccc(C(O)Cc2ccc(I)cc2)c(OC)c1. The van der Waals surface area contributed by atoms with Crippen molar-refractivity contribution in [1.82, 2.24) is 0 Å². The molecule has 0 bridgehead atoms. The first-order valence-electron chi connectivity index (χ1n) is 6.28. The van der Waals surface area contributed by atoms with Crippen molar-refractivity contribution in [2.24, 2.45) is 0 Å². The average molecular weight is 384 g/mol. The van der Waals surface area contributed by atoms with Gasteiger partial charge in [0.15, 0.2) is 0 Å². The first-order valence-corrected chi connectivity index (χ1v) is 7.36. The third kappa shape index (κ3) is 3.64. The highest BCUT2D eigenvalue weighted by Gasteiger charge is 2.14. The van der Waals surface area contributed by atoms with E-state index in [0.29, 0.717) is 17.9 Å². The molecule has 1 unspecified atom stereocenters. The van der Waals surface area contributed by atoms with Gasteiger partial charge in [-0.25, -0.2) is 0 Å². The largest absolute Gasteiger partial charge is 0.497 e. The van der Waals surface area contributed by atoms with Crippen LogP contribution in [0.1, 0.15) is 17.2 Å². The first-order chi connectivity index (χ1) is 9.63. The predicted octanol–water partition coefficient (Wildman–Crippen LogP) is 3.58. The number of benzene rings is 2. The lowest BCUT2D eigenvalue weighted by Gasteiger charge is -2.16. The molecule has 2 aromatic carbocycles. The Bertz CT molecular complexity index is 566. The zero-order valence-electron chi connectivity index (χ0n) is 11.5. The lowest BCUT2D eigenvalue weighted by Crippen LogP contribution is -2.04. The molecule has 4 heteroatoms. The molecule has 1 N–H and O–H groups in total. The Kier molecular flexibility index (Phi) is 5.25. The van der Waals surface area contributed by atoms with Gasteiger partial charge in [-0.2, -0.15) is 0 Å². The van der Waals surface area contributed by atoms with Crippen molar-refractivity contribution in [2.75, 3.05) is 14.2 Å². The number of aliphatic hydroxyl groups is 1. The maximum Gasteiger partial charge on any atom is 0.128 e. The monoisotopic (exact) mass is 384 g/mol. The number of hydrogen-bond acceptors (Lipinski definition) is 3. The summed E-state index contributed by atoms with van der Waals surface area (Å²) in [5.41, 5.74) is 1.86. The third-order valence-corrected chi connectivity index (χ3v) is 3.86. The van der Waals surface area contributed by atoms with Crippen molar-refractivity contribution < 1.29 is 14.6 Å². The Balaban J connectivity index is 2.20. The van der Waals surface area contributed by atoms with Crippen LogP contribution in [0.4, 0.5) is 0 Å². The van der Waals surface area contributed by atoms with Crippen molar-refractivity contribution >= 4 is 22.6 Å². The summed E-state index contributed by atoms with van der Waals surface area (Å²) in [6.45, 7) is 0. The highest BCUT2D eigenvalue weighted by molar-refractivity contribution is 14.1. The Morgan fingerprint density at radius 3 is 2.35 bits per heavy atom. The van der Waals surface area contributed by atoms with Gasteiger partial charge >= 0.3 is 0 Å².